The van der Waals surface area contributed by atoms with E-state index >= 15 is 0 Å². The van der Waals surface area contributed by atoms with E-state index in [-0.39, 0.29) is 18.3 Å². The highest BCUT2D eigenvalue weighted by Gasteiger charge is 2.21. The fourth-order valence-corrected chi connectivity index (χ4v) is 3.95. The van der Waals surface area contributed by atoms with Crippen LogP contribution in [-0.2, 0) is 19.4 Å². The topological polar surface area (TPSA) is 82.7 Å². The fraction of sp³-hybridized carbons (Fsp3) is 0.312. The average molecular weight is 398 g/mol. The van der Waals surface area contributed by atoms with Gasteiger partial charge in [0.15, 0.2) is 5.69 Å². The third kappa shape index (κ3) is 3.79. The Morgan fingerprint density at radius 2 is 2.28 bits per heavy atom. The highest BCUT2D eigenvalue weighted by molar-refractivity contribution is 7.18. The van der Waals surface area contributed by atoms with E-state index in [1.165, 1.54) is 0 Å². The Balaban J connectivity index is 0.00000182. The van der Waals surface area contributed by atoms with Gasteiger partial charge in [-0.05, 0) is 18.2 Å². The number of benzene rings is 1. The van der Waals surface area contributed by atoms with E-state index in [0.29, 0.717) is 30.2 Å². The maximum atomic E-state index is 12.3. The molecular formula is C16H17Cl2N5OS. The smallest absolute Gasteiger partial charge is 0.272 e. The van der Waals surface area contributed by atoms with Gasteiger partial charge in [0.25, 0.3) is 5.91 Å². The summed E-state index contributed by atoms with van der Waals surface area (Å²) in [7, 11) is 0. The van der Waals surface area contributed by atoms with E-state index < -0.39 is 0 Å². The molecule has 0 saturated heterocycles. The number of amides is 1. The van der Waals surface area contributed by atoms with Gasteiger partial charge in [0, 0.05) is 48.8 Å². The summed E-state index contributed by atoms with van der Waals surface area (Å²) in [5, 5.41) is 15.0. The number of nitrogens with one attached hydrogen (secondary N) is 3. The molecule has 3 aromatic rings. The van der Waals surface area contributed by atoms with Crippen molar-refractivity contribution in [3.05, 3.63) is 45.2 Å². The van der Waals surface area contributed by atoms with Crippen molar-refractivity contribution in [3.8, 4) is 0 Å². The molecule has 1 aliphatic heterocycles. The molecule has 25 heavy (non-hydrogen) atoms. The number of hydrogen-bond donors (Lipinski definition) is 3. The first kappa shape index (κ1) is 18.1. The van der Waals surface area contributed by atoms with Crippen LogP contribution in [0.3, 0.4) is 0 Å². The second-order valence-corrected chi connectivity index (χ2v) is 7.23. The van der Waals surface area contributed by atoms with Crippen LogP contribution in [0.2, 0.25) is 5.02 Å². The molecule has 1 aromatic carbocycles. The average Bonchev–Trinajstić information content (AvgIpc) is 3.17. The number of halogens is 2. The van der Waals surface area contributed by atoms with Gasteiger partial charge >= 0.3 is 0 Å². The number of nitrogens with zero attached hydrogens (tertiary/aromatic N) is 2. The van der Waals surface area contributed by atoms with E-state index in [9.17, 15) is 4.79 Å². The Labute approximate surface area is 159 Å². The maximum absolute atomic E-state index is 12.3. The van der Waals surface area contributed by atoms with Crippen molar-refractivity contribution < 1.29 is 4.79 Å². The lowest BCUT2D eigenvalue weighted by atomic mass is 10.1. The molecule has 4 rings (SSSR count). The molecule has 132 valence electrons. The minimum Gasteiger partial charge on any atom is -0.350 e. The molecule has 3 N–H and O–H groups in total. The van der Waals surface area contributed by atoms with Crippen LogP contribution in [-0.4, -0.2) is 34.2 Å². The molecule has 1 aliphatic rings. The van der Waals surface area contributed by atoms with Gasteiger partial charge < -0.3 is 10.6 Å². The lowest BCUT2D eigenvalue weighted by molar-refractivity contribution is 0.0948. The SMILES string of the molecule is Cl.O=C(NCCc1nc2cc(Cl)ccc2s1)c1n[nH]c2c1CNCC2. The first-order valence-corrected chi connectivity index (χ1v) is 9.00. The van der Waals surface area contributed by atoms with Gasteiger partial charge in [-0.2, -0.15) is 5.10 Å². The second-order valence-electron chi connectivity index (χ2n) is 5.68. The van der Waals surface area contributed by atoms with Crippen LogP contribution < -0.4 is 10.6 Å². The highest BCUT2D eigenvalue weighted by atomic mass is 35.5. The van der Waals surface area contributed by atoms with Crippen LogP contribution in [0.15, 0.2) is 18.2 Å². The first-order valence-electron chi connectivity index (χ1n) is 7.81. The summed E-state index contributed by atoms with van der Waals surface area (Å²) >= 11 is 7.61. The van der Waals surface area contributed by atoms with Crippen molar-refractivity contribution in [1.29, 1.82) is 0 Å². The molecule has 2 aromatic heterocycles. The minimum absolute atomic E-state index is 0. The van der Waals surface area contributed by atoms with Crippen LogP contribution in [0.1, 0.15) is 26.8 Å². The largest absolute Gasteiger partial charge is 0.350 e. The number of aromatic amines is 1. The Morgan fingerprint density at radius 1 is 1.40 bits per heavy atom. The zero-order valence-electron chi connectivity index (χ0n) is 13.3. The zero-order chi connectivity index (χ0) is 16.5. The predicted molar refractivity (Wildman–Crippen MR) is 102 cm³/mol. The van der Waals surface area contributed by atoms with Crippen molar-refractivity contribution in [3.63, 3.8) is 0 Å². The van der Waals surface area contributed by atoms with E-state index in [0.717, 1.165) is 39.4 Å². The van der Waals surface area contributed by atoms with Crippen molar-refractivity contribution in [2.24, 2.45) is 0 Å². The number of thiazole rings is 1. The van der Waals surface area contributed by atoms with Gasteiger partial charge in [-0.1, -0.05) is 11.6 Å². The quantitative estimate of drug-likeness (QED) is 0.631. The van der Waals surface area contributed by atoms with Gasteiger partial charge in [-0.25, -0.2) is 4.98 Å². The van der Waals surface area contributed by atoms with Crippen LogP contribution in [0, 0.1) is 0 Å². The Morgan fingerprint density at radius 3 is 3.16 bits per heavy atom. The fourth-order valence-electron chi connectivity index (χ4n) is 2.83. The predicted octanol–water partition coefficient (Wildman–Crippen LogP) is 2.71. The van der Waals surface area contributed by atoms with Gasteiger partial charge in [-0.3, -0.25) is 9.89 Å². The number of carbonyl (C=O) groups excluding carboxylic acids is 1. The number of rotatable bonds is 4. The van der Waals surface area contributed by atoms with Crippen molar-refractivity contribution in [2.75, 3.05) is 13.1 Å². The molecule has 3 heterocycles. The molecule has 0 saturated carbocycles. The summed E-state index contributed by atoms with van der Waals surface area (Å²) in [4.78, 5) is 16.9. The monoisotopic (exact) mass is 397 g/mol. The Hall–Kier alpha value is -1.67. The van der Waals surface area contributed by atoms with Crippen molar-refractivity contribution >= 4 is 51.5 Å². The molecule has 6 nitrogen and oxygen atoms in total. The summed E-state index contributed by atoms with van der Waals surface area (Å²) < 4.78 is 1.10. The number of aromatic nitrogens is 3. The summed E-state index contributed by atoms with van der Waals surface area (Å²) in [5.74, 6) is -0.139. The molecule has 0 atom stereocenters. The molecule has 0 unspecified atom stereocenters. The van der Waals surface area contributed by atoms with Crippen molar-refractivity contribution in [1.82, 2.24) is 25.8 Å². The van der Waals surface area contributed by atoms with Gasteiger partial charge in [0.05, 0.1) is 15.2 Å². The Kier molecular flexibility index (Phi) is 5.58. The van der Waals surface area contributed by atoms with E-state index in [1.54, 1.807) is 11.3 Å². The molecule has 0 fully saturated rings. The third-order valence-corrected chi connectivity index (χ3v) is 5.37. The standard InChI is InChI=1S/C16H16ClN5OS.ClH/c17-9-1-2-13-12(7-9)20-14(24-13)4-6-19-16(23)15-10-8-18-5-3-11(10)21-22-15;/h1-2,7,18H,3-6,8H2,(H,19,23)(H,21,22);1H. The second kappa shape index (κ2) is 7.70. The van der Waals surface area contributed by atoms with Crippen LogP contribution in [0.5, 0.6) is 0 Å². The summed E-state index contributed by atoms with van der Waals surface area (Å²) in [6.07, 6.45) is 1.57. The first-order chi connectivity index (χ1) is 11.7. The van der Waals surface area contributed by atoms with E-state index in [2.05, 4.69) is 25.8 Å². The molecule has 0 spiro atoms. The minimum atomic E-state index is -0.139. The number of fused-ring (bicyclic) bond motifs is 2. The molecule has 0 aliphatic carbocycles. The van der Waals surface area contributed by atoms with Gasteiger partial charge in [0.2, 0.25) is 0 Å². The van der Waals surface area contributed by atoms with E-state index in [1.807, 2.05) is 18.2 Å². The number of carbonyl (C=O) groups is 1. The number of H-pyrrole nitrogens is 1. The molecule has 1 amide bonds. The van der Waals surface area contributed by atoms with Gasteiger partial charge in [-0.15, -0.1) is 23.7 Å². The molecule has 0 radical (unpaired) electrons. The zero-order valence-corrected chi connectivity index (χ0v) is 15.7. The maximum Gasteiger partial charge on any atom is 0.272 e. The lowest BCUT2D eigenvalue weighted by Gasteiger charge is -2.12. The Bertz CT molecular complexity index is 907. The number of hydrogen-bond acceptors (Lipinski definition) is 5. The van der Waals surface area contributed by atoms with Crippen LogP contribution >= 0.6 is 35.3 Å². The van der Waals surface area contributed by atoms with Crippen LogP contribution in [0.25, 0.3) is 10.2 Å². The lowest BCUT2D eigenvalue weighted by Crippen LogP contribution is -2.29. The normalized spacial score (nSPS) is 13.3. The molecule has 0 bridgehead atoms. The molecular weight excluding hydrogens is 381 g/mol. The third-order valence-electron chi connectivity index (χ3n) is 4.04. The van der Waals surface area contributed by atoms with Crippen molar-refractivity contribution in [2.45, 2.75) is 19.4 Å². The molecule has 9 heteroatoms. The summed E-state index contributed by atoms with van der Waals surface area (Å²) in [6, 6.07) is 5.70. The summed E-state index contributed by atoms with van der Waals surface area (Å²) in [6.45, 7) is 2.13. The highest BCUT2D eigenvalue weighted by Crippen LogP contribution is 2.25. The van der Waals surface area contributed by atoms with Gasteiger partial charge in [0.1, 0.15) is 0 Å². The van der Waals surface area contributed by atoms with E-state index in [4.69, 9.17) is 11.6 Å². The van der Waals surface area contributed by atoms with Crippen LogP contribution in [0.4, 0.5) is 0 Å². The summed E-state index contributed by atoms with van der Waals surface area (Å²) in [5.41, 5.74) is 3.44.